The molecule has 140 valence electrons. The Kier molecular flexibility index (Phi) is 4.60. The molecule has 4 rings (SSSR count). The number of carbonyl (C=O) groups excluding carboxylic acids is 2. The SMILES string of the molecule is Cc1ccc(Oc2ccc(NC(=O)[C@H]3CS[C@@]4(C)CCC(=O)N34)cc2)cc1. The number of fused-ring (bicyclic) bond motifs is 1. The van der Waals surface area contributed by atoms with Gasteiger partial charge in [-0.1, -0.05) is 17.7 Å². The molecule has 0 saturated carbocycles. The first-order chi connectivity index (χ1) is 12.9. The third-order valence-corrected chi connectivity index (χ3v) is 6.63. The molecule has 2 aliphatic heterocycles. The first kappa shape index (κ1) is 17.9. The fourth-order valence-corrected chi connectivity index (χ4v) is 5.02. The minimum atomic E-state index is -0.404. The molecule has 0 radical (unpaired) electrons. The minimum absolute atomic E-state index is 0.0736. The van der Waals surface area contributed by atoms with Gasteiger partial charge >= 0.3 is 0 Å². The van der Waals surface area contributed by atoms with Crippen LogP contribution < -0.4 is 10.1 Å². The molecule has 2 heterocycles. The molecule has 6 heteroatoms. The van der Waals surface area contributed by atoms with Gasteiger partial charge in [0, 0.05) is 17.9 Å². The van der Waals surface area contributed by atoms with E-state index in [-0.39, 0.29) is 16.7 Å². The molecule has 27 heavy (non-hydrogen) atoms. The van der Waals surface area contributed by atoms with Gasteiger partial charge in [0.15, 0.2) is 0 Å². The lowest BCUT2D eigenvalue weighted by Gasteiger charge is -2.29. The van der Waals surface area contributed by atoms with Crippen molar-refractivity contribution in [2.75, 3.05) is 11.1 Å². The highest BCUT2D eigenvalue weighted by Crippen LogP contribution is 2.47. The van der Waals surface area contributed by atoms with Crippen molar-refractivity contribution in [1.29, 1.82) is 0 Å². The van der Waals surface area contributed by atoms with E-state index >= 15 is 0 Å². The molecule has 2 atom stereocenters. The van der Waals surface area contributed by atoms with E-state index in [0.29, 0.717) is 23.6 Å². The maximum Gasteiger partial charge on any atom is 0.248 e. The van der Waals surface area contributed by atoms with Gasteiger partial charge in [0.25, 0.3) is 0 Å². The van der Waals surface area contributed by atoms with Crippen LogP contribution in [0, 0.1) is 6.92 Å². The summed E-state index contributed by atoms with van der Waals surface area (Å²) in [6.45, 7) is 4.08. The van der Waals surface area contributed by atoms with Gasteiger partial charge in [-0.3, -0.25) is 9.59 Å². The first-order valence-electron chi connectivity index (χ1n) is 9.06. The van der Waals surface area contributed by atoms with E-state index in [1.165, 1.54) is 5.56 Å². The zero-order valence-corrected chi connectivity index (χ0v) is 16.2. The molecular weight excluding hydrogens is 360 g/mol. The second-order valence-electron chi connectivity index (χ2n) is 7.19. The van der Waals surface area contributed by atoms with Crippen molar-refractivity contribution in [3.63, 3.8) is 0 Å². The number of rotatable bonds is 4. The van der Waals surface area contributed by atoms with Crippen LogP contribution in [0.5, 0.6) is 11.5 Å². The van der Waals surface area contributed by atoms with E-state index < -0.39 is 6.04 Å². The molecule has 2 saturated heterocycles. The van der Waals surface area contributed by atoms with E-state index in [2.05, 4.69) is 5.32 Å². The van der Waals surface area contributed by atoms with E-state index in [1.807, 2.05) is 62.4 Å². The standard InChI is InChI=1S/C21H22N2O3S/c1-14-3-7-16(8-4-14)26-17-9-5-15(6-10-17)22-20(25)18-13-27-21(2)12-11-19(24)23(18)21/h3-10,18H,11-13H2,1-2H3,(H,22,25)/t18-,21+/m1/s1. The molecule has 1 N–H and O–H groups in total. The topological polar surface area (TPSA) is 58.6 Å². The Morgan fingerprint density at radius 2 is 1.78 bits per heavy atom. The van der Waals surface area contributed by atoms with Crippen molar-refractivity contribution in [3.05, 3.63) is 54.1 Å². The van der Waals surface area contributed by atoms with E-state index in [1.54, 1.807) is 16.7 Å². The molecule has 5 nitrogen and oxygen atoms in total. The summed E-state index contributed by atoms with van der Waals surface area (Å²) < 4.78 is 5.81. The van der Waals surface area contributed by atoms with Crippen LogP contribution in [-0.4, -0.2) is 33.4 Å². The normalized spacial score (nSPS) is 24.0. The van der Waals surface area contributed by atoms with Gasteiger partial charge in [-0.25, -0.2) is 0 Å². The van der Waals surface area contributed by atoms with Crippen LogP contribution >= 0.6 is 11.8 Å². The summed E-state index contributed by atoms with van der Waals surface area (Å²) in [5.41, 5.74) is 1.87. The minimum Gasteiger partial charge on any atom is -0.457 e. The summed E-state index contributed by atoms with van der Waals surface area (Å²) in [6, 6.07) is 14.7. The van der Waals surface area contributed by atoms with Gasteiger partial charge < -0.3 is 15.0 Å². The van der Waals surface area contributed by atoms with Gasteiger partial charge in [-0.15, -0.1) is 11.8 Å². The molecule has 0 aromatic heterocycles. The number of anilines is 1. The molecule has 2 aromatic carbocycles. The predicted octanol–water partition coefficient (Wildman–Crippen LogP) is 4.18. The number of benzene rings is 2. The largest absolute Gasteiger partial charge is 0.457 e. The van der Waals surface area contributed by atoms with Crippen molar-refractivity contribution in [2.45, 2.75) is 37.6 Å². The number of ether oxygens (including phenoxy) is 1. The van der Waals surface area contributed by atoms with Crippen LogP contribution in [-0.2, 0) is 9.59 Å². The van der Waals surface area contributed by atoms with Crippen LogP contribution in [0.3, 0.4) is 0 Å². The highest BCUT2D eigenvalue weighted by Gasteiger charge is 2.52. The number of thioether (sulfide) groups is 1. The fourth-order valence-electron chi connectivity index (χ4n) is 3.59. The first-order valence-corrected chi connectivity index (χ1v) is 10.0. The second-order valence-corrected chi connectivity index (χ2v) is 8.70. The summed E-state index contributed by atoms with van der Waals surface area (Å²) >= 11 is 1.69. The summed E-state index contributed by atoms with van der Waals surface area (Å²) in [7, 11) is 0. The smallest absolute Gasteiger partial charge is 0.248 e. The van der Waals surface area contributed by atoms with Crippen molar-refractivity contribution < 1.29 is 14.3 Å². The van der Waals surface area contributed by atoms with Crippen molar-refractivity contribution in [3.8, 4) is 11.5 Å². The summed E-state index contributed by atoms with van der Waals surface area (Å²) in [4.78, 5) is 26.4. The summed E-state index contributed by atoms with van der Waals surface area (Å²) in [5.74, 6) is 2.06. The van der Waals surface area contributed by atoms with E-state index in [4.69, 9.17) is 4.74 Å². The Morgan fingerprint density at radius 3 is 2.44 bits per heavy atom. The van der Waals surface area contributed by atoms with Gasteiger partial charge in [-0.2, -0.15) is 0 Å². The Labute approximate surface area is 163 Å². The third kappa shape index (κ3) is 3.54. The lowest BCUT2D eigenvalue weighted by molar-refractivity contribution is -0.135. The predicted molar refractivity (Wildman–Crippen MR) is 107 cm³/mol. The highest BCUT2D eigenvalue weighted by molar-refractivity contribution is 8.01. The molecule has 0 unspecified atom stereocenters. The fraction of sp³-hybridized carbons (Fsp3) is 0.333. The maximum absolute atomic E-state index is 12.7. The summed E-state index contributed by atoms with van der Waals surface area (Å²) in [5, 5.41) is 2.93. The average Bonchev–Trinajstić information content (AvgIpc) is 3.15. The zero-order chi connectivity index (χ0) is 19.0. The number of nitrogens with one attached hydrogen (secondary N) is 1. The maximum atomic E-state index is 12.7. The zero-order valence-electron chi connectivity index (χ0n) is 15.4. The van der Waals surface area contributed by atoms with Crippen LogP contribution in [0.25, 0.3) is 0 Å². The highest BCUT2D eigenvalue weighted by atomic mass is 32.2. The number of aryl methyl sites for hydroxylation is 1. The van der Waals surface area contributed by atoms with Crippen LogP contribution in [0.1, 0.15) is 25.3 Å². The lowest BCUT2D eigenvalue weighted by atomic mass is 10.2. The summed E-state index contributed by atoms with van der Waals surface area (Å²) in [6.07, 6.45) is 1.34. The van der Waals surface area contributed by atoms with Gasteiger partial charge in [0.05, 0.1) is 4.87 Å². The third-order valence-electron chi connectivity index (χ3n) is 5.13. The quantitative estimate of drug-likeness (QED) is 0.862. The molecule has 2 aliphatic rings. The van der Waals surface area contributed by atoms with Crippen molar-refractivity contribution in [1.82, 2.24) is 4.90 Å². The Bertz CT molecular complexity index is 866. The van der Waals surface area contributed by atoms with Gasteiger partial charge in [0.1, 0.15) is 17.5 Å². The Balaban J connectivity index is 1.40. The number of carbonyl (C=O) groups is 2. The molecule has 2 amide bonds. The van der Waals surface area contributed by atoms with Crippen molar-refractivity contribution >= 4 is 29.3 Å². The van der Waals surface area contributed by atoms with E-state index in [0.717, 1.165) is 12.2 Å². The number of nitrogens with zero attached hydrogens (tertiary/aromatic N) is 1. The number of hydrogen-bond acceptors (Lipinski definition) is 4. The van der Waals surface area contributed by atoms with Gasteiger partial charge in [-0.05, 0) is 56.7 Å². The number of amides is 2. The molecule has 0 spiro atoms. The number of hydrogen-bond donors (Lipinski definition) is 1. The molecular formula is C21H22N2O3S. The Morgan fingerprint density at radius 1 is 1.15 bits per heavy atom. The van der Waals surface area contributed by atoms with Crippen LogP contribution in [0.15, 0.2) is 48.5 Å². The second kappa shape index (κ2) is 6.93. The lowest BCUT2D eigenvalue weighted by Crippen LogP contribution is -2.48. The Hall–Kier alpha value is -2.47. The monoisotopic (exact) mass is 382 g/mol. The average molecular weight is 382 g/mol. The van der Waals surface area contributed by atoms with Crippen LogP contribution in [0.2, 0.25) is 0 Å². The molecule has 0 aliphatic carbocycles. The van der Waals surface area contributed by atoms with Crippen molar-refractivity contribution in [2.24, 2.45) is 0 Å². The van der Waals surface area contributed by atoms with E-state index in [9.17, 15) is 9.59 Å². The molecule has 0 bridgehead atoms. The molecule has 2 aromatic rings. The van der Waals surface area contributed by atoms with Gasteiger partial charge in [0.2, 0.25) is 11.8 Å². The molecule has 2 fully saturated rings. The van der Waals surface area contributed by atoms with Crippen LogP contribution in [0.4, 0.5) is 5.69 Å².